The predicted molar refractivity (Wildman–Crippen MR) is 132 cm³/mol. The minimum absolute atomic E-state index is 0.164. The number of benzene rings is 1. The Morgan fingerprint density at radius 2 is 1.84 bits per heavy atom. The molecule has 1 fully saturated rings. The van der Waals surface area contributed by atoms with Crippen molar-refractivity contribution in [3.8, 4) is 0 Å². The van der Waals surface area contributed by atoms with Gasteiger partial charge in [0.1, 0.15) is 5.65 Å². The molecule has 0 bridgehead atoms. The maximum atomic E-state index is 10.3. The molecule has 1 aliphatic rings. The van der Waals surface area contributed by atoms with Gasteiger partial charge >= 0.3 is 5.97 Å². The molecular formula is C24H36N4O2S. The summed E-state index contributed by atoms with van der Waals surface area (Å²) in [5.41, 5.74) is 3.52. The van der Waals surface area contributed by atoms with Crippen molar-refractivity contribution in [3.63, 3.8) is 0 Å². The fourth-order valence-corrected chi connectivity index (χ4v) is 2.59. The average Bonchev–Trinajstić information content (AvgIpc) is 3.34. The zero-order valence-corrected chi connectivity index (χ0v) is 20.4. The minimum Gasteiger partial charge on any atom is -0.465 e. The van der Waals surface area contributed by atoms with Crippen molar-refractivity contribution < 1.29 is 9.53 Å². The van der Waals surface area contributed by atoms with E-state index in [2.05, 4.69) is 70.6 Å². The Morgan fingerprint density at radius 3 is 2.32 bits per heavy atom. The van der Waals surface area contributed by atoms with Gasteiger partial charge < -0.3 is 14.4 Å². The van der Waals surface area contributed by atoms with Crippen molar-refractivity contribution >= 4 is 35.8 Å². The van der Waals surface area contributed by atoms with Crippen molar-refractivity contribution in [2.75, 3.05) is 11.3 Å². The van der Waals surface area contributed by atoms with Gasteiger partial charge in [0.25, 0.3) is 0 Å². The zero-order chi connectivity index (χ0) is 23.3. The molecule has 170 valence electrons. The van der Waals surface area contributed by atoms with E-state index in [-0.39, 0.29) is 5.97 Å². The van der Waals surface area contributed by atoms with E-state index in [4.69, 9.17) is 4.74 Å². The summed E-state index contributed by atoms with van der Waals surface area (Å²) in [7, 11) is 0. The molecule has 0 atom stereocenters. The number of ether oxygens (including phenoxy) is 1. The van der Waals surface area contributed by atoms with Crippen LogP contribution in [0.2, 0.25) is 0 Å². The summed E-state index contributed by atoms with van der Waals surface area (Å²) in [6.07, 6.45) is 5.40. The Balaban J connectivity index is 0.000000229. The average molecular weight is 445 g/mol. The van der Waals surface area contributed by atoms with E-state index >= 15 is 0 Å². The predicted octanol–water partition coefficient (Wildman–Crippen LogP) is 6.15. The van der Waals surface area contributed by atoms with Crippen LogP contribution >= 0.6 is 12.8 Å². The molecular weight excluding hydrogens is 408 g/mol. The number of fused-ring (bicyclic) bond motifs is 1. The number of aryl methyl sites for hydroxylation is 2. The Kier molecular flexibility index (Phi) is 11.7. The van der Waals surface area contributed by atoms with Crippen LogP contribution in [0.5, 0.6) is 0 Å². The summed E-state index contributed by atoms with van der Waals surface area (Å²) < 4.78 is 7.43. The summed E-state index contributed by atoms with van der Waals surface area (Å²) in [5.74, 6) is 0.355. The van der Waals surface area contributed by atoms with E-state index in [0.717, 1.165) is 23.1 Å². The molecule has 0 radical (unpaired) electrons. The largest absolute Gasteiger partial charge is 0.465 e. The number of carbonyl (C=O) groups excluding carboxylic acids is 1. The molecule has 0 saturated heterocycles. The smallest absolute Gasteiger partial charge is 0.302 e. The molecule has 2 N–H and O–H groups in total. The molecule has 0 spiro atoms. The summed E-state index contributed by atoms with van der Waals surface area (Å²) in [6.45, 7) is 12.3. The van der Waals surface area contributed by atoms with Crippen LogP contribution in [0.15, 0.2) is 42.6 Å². The number of nitrogens with one attached hydrogen (secondary N) is 2. The van der Waals surface area contributed by atoms with E-state index in [1.54, 1.807) is 0 Å². The number of aromatic nitrogens is 3. The normalized spacial score (nSPS) is 12.7. The van der Waals surface area contributed by atoms with E-state index in [1.807, 2.05) is 39.1 Å². The zero-order valence-electron chi connectivity index (χ0n) is 19.5. The fraction of sp³-hybridized carbons (Fsp3) is 0.458. The number of H-pyrrole nitrogens is 1. The van der Waals surface area contributed by atoms with Crippen LogP contribution in [0.3, 0.4) is 0 Å². The highest BCUT2D eigenvalue weighted by atomic mass is 32.1. The van der Waals surface area contributed by atoms with Crippen LogP contribution in [0.25, 0.3) is 11.0 Å². The Hall–Kier alpha value is -2.54. The summed E-state index contributed by atoms with van der Waals surface area (Å²) in [5, 5.41) is 1.04. The second-order valence-electron chi connectivity index (χ2n) is 7.41. The molecule has 2 heterocycles. The number of anilines is 1. The molecule has 31 heavy (non-hydrogen) atoms. The molecule has 3 aromatic rings. The third-order valence-electron chi connectivity index (χ3n) is 4.68. The van der Waals surface area contributed by atoms with Crippen LogP contribution in [-0.2, 0) is 16.0 Å². The van der Waals surface area contributed by atoms with Crippen LogP contribution in [0.1, 0.15) is 58.7 Å². The number of carbonyl (C=O) groups is 1. The van der Waals surface area contributed by atoms with Crippen LogP contribution in [0, 0.1) is 12.3 Å². The second kappa shape index (κ2) is 13.7. The number of aromatic amines is 1. The summed E-state index contributed by atoms with van der Waals surface area (Å²) in [6, 6.07) is 12.4. The van der Waals surface area contributed by atoms with Gasteiger partial charge in [0.15, 0.2) is 0 Å². The van der Waals surface area contributed by atoms with Gasteiger partial charge in [-0.25, -0.2) is 4.98 Å². The molecule has 4 rings (SSSR count). The third kappa shape index (κ3) is 9.87. The SMILES string of the molecule is CC.CC(=O)OCC1(C)CC1.CCc1ccccc1.Cc1nc(NS)nc2[nH]ccc12. The maximum Gasteiger partial charge on any atom is 0.302 e. The summed E-state index contributed by atoms with van der Waals surface area (Å²) in [4.78, 5) is 21.6. The van der Waals surface area contributed by atoms with Gasteiger partial charge in [-0.05, 0) is 37.8 Å². The van der Waals surface area contributed by atoms with Crippen molar-refractivity contribution in [1.29, 1.82) is 0 Å². The molecule has 1 aliphatic carbocycles. The topological polar surface area (TPSA) is 79.9 Å². The molecule has 2 aromatic heterocycles. The first kappa shape index (κ1) is 26.5. The first-order valence-corrected chi connectivity index (χ1v) is 11.2. The third-order valence-corrected chi connectivity index (χ3v) is 4.88. The number of nitrogens with zero attached hydrogens (tertiary/aromatic N) is 2. The Bertz CT molecular complexity index is 908. The van der Waals surface area contributed by atoms with E-state index in [9.17, 15) is 4.79 Å². The van der Waals surface area contributed by atoms with Crippen LogP contribution in [-0.4, -0.2) is 27.5 Å². The molecule has 0 amide bonds. The van der Waals surface area contributed by atoms with Crippen molar-refractivity contribution in [3.05, 3.63) is 53.9 Å². The fourth-order valence-electron chi connectivity index (χ4n) is 2.49. The highest BCUT2D eigenvalue weighted by Crippen LogP contribution is 2.44. The molecule has 7 heteroatoms. The van der Waals surface area contributed by atoms with Gasteiger partial charge in [0.2, 0.25) is 5.95 Å². The van der Waals surface area contributed by atoms with Crippen molar-refractivity contribution in [2.45, 2.75) is 60.8 Å². The highest BCUT2D eigenvalue weighted by molar-refractivity contribution is 7.81. The number of hydrogen-bond donors (Lipinski definition) is 3. The van der Waals surface area contributed by atoms with Gasteiger partial charge in [-0.3, -0.25) is 4.79 Å². The number of rotatable bonds is 4. The Morgan fingerprint density at radius 1 is 1.19 bits per heavy atom. The molecule has 1 saturated carbocycles. The van der Waals surface area contributed by atoms with Crippen LogP contribution in [0.4, 0.5) is 5.95 Å². The number of hydrogen-bond acceptors (Lipinski definition) is 6. The van der Waals surface area contributed by atoms with Crippen molar-refractivity contribution in [2.24, 2.45) is 5.41 Å². The molecule has 0 unspecified atom stereocenters. The number of esters is 1. The Labute approximate surface area is 191 Å². The molecule has 1 aromatic carbocycles. The molecule has 6 nitrogen and oxygen atoms in total. The lowest BCUT2D eigenvalue weighted by Crippen LogP contribution is -2.09. The minimum atomic E-state index is -0.164. The lowest BCUT2D eigenvalue weighted by molar-refractivity contribution is -0.142. The van der Waals surface area contributed by atoms with E-state index in [0.29, 0.717) is 18.0 Å². The monoisotopic (exact) mass is 444 g/mol. The molecule has 0 aliphatic heterocycles. The first-order valence-electron chi connectivity index (χ1n) is 10.8. The maximum absolute atomic E-state index is 10.3. The van der Waals surface area contributed by atoms with Gasteiger partial charge in [-0.1, -0.05) is 70.8 Å². The first-order chi connectivity index (χ1) is 14.9. The lowest BCUT2D eigenvalue weighted by atomic mass is 10.2. The van der Waals surface area contributed by atoms with Gasteiger partial charge in [0.05, 0.1) is 12.3 Å². The highest BCUT2D eigenvalue weighted by Gasteiger charge is 2.38. The summed E-state index contributed by atoms with van der Waals surface area (Å²) >= 11 is 3.87. The van der Waals surface area contributed by atoms with Gasteiger partial charge in [-0.2, -0.15) is 4.98 Å². The lowest BCUT2D eigenvalue weighted by Gasteiger charge is -2.06. The van der Waals surface area contributed by atoms with E-state index < -0.39 is 0 Å². The standard InChI is InChI=1S/C8H10.C7H8N4S.C7H12O2.C2H6/c1-2-8-6-4-3-5-7-8;1-4-5-2-3-8-6(5)10-7(9-4)11-12;1-6(8)9-5-7(2)3-4-7;1-2/h3-7H,2H2,1H3;2-3,12H,1H3,(H2,8,9,10,11);3-5H2,1-2H3;1-2H3. The number of thiol groups is 1. The van der Waals surface area contributed by atoms with Crippen molar-refractivity contribution in [1.82, 2.24) is 15.0 Å². The van der Waals surface area contributed by atoms with Crippen LogP contribution < -0.4 is 4.72 Å². The second-order valence-corrected chi connectivity index (χ2v) is 7.64. The van der Waals surface area contributed by atoms with Gasteiger partial charge in [-0.15, -0.1) is 0 Å². The van der Waals surface area contributed by atoms with Gasteiger partial charge in [0, 0.05) is 23.9 Å². The van der Waals surface area contributed by atoms with E-state index in [1.165, 1.54) is 25.3 Å². The quantitative estimate of drug-likeness (QED) is 0.332.